The number of hydrogen-bond acceptors (Lipinski definition) is 9. The molecule has 1 fully saturated rings. The summed E-state index contributed by atoms with van der Waals surface area (Å²) in [5.74, 6) is -2.64. The maximum absolute atomic E-state index is 10.2. The highest BCUT2D eigenvalue weighted by molar-refractivity contribution is 7.18. The molecule has 11 nitrogen and oxygen atoms in total. The van der Waals surface area contributed by atoms with Gasteiger partial charge in [0, 0.05) is 0 Å². The van der Waals surface area contributed by atoms with Gasteiger partial charge in [0.2, 0.25) is 0 Å². The second-order valence-electron chi connectivity index (χ2n) is 9.29. The first-order valence-electron chi connectivity index (χ1n) is 13.4. The van der Waals surface area contributed by atoms with E-state index in [2.05, 4.69) is 4.98 Å². The molecule has 0 spiro atoms. The first-order chi connectivity index (χ1) is 21.6. The topological polar surface area (TPSA) is 195 Å². The molecule has 0 amide bonds. The average Bonchev–Trinajstić information content (AvgIpc) is 3.63. The number of nitrogens with zero attached hydrogens (tertiary/aromatic N) is 1. The van der Waals surface area contributed by atoms with Crippen molar-refractivity contribution in [3.8, 4) is 0 Å². The molecule has 0 radical (unpaired) electrons. The van der Waals surface area contributed by atoms with Crippen LogP contribution in [0.15, 0.2) is 115 Å². The lowest BCUT2D eigenvalue weighted by atomic mass is 10.1. The standard InChI is InChI=1S/C12H13NO4S.3C7H6O2/c14-5-7-9(15)10(16)11(17-7)12-13-6-3-1-2-4-8(6)18-12;3*8-7(9)6-4-2-1-3-5-6/h1-4,7,9-11,14-16H,5H2;3*1-5H,(H,8,9)/t7-,9-,10-,11-;;;/m1.../s1. The van der Waals surface area contributed by atoms with Gasteiger partial charge >= 0.3 is 17.9 Å². The van der Waals surface area contributed by atoms with E-state index in [1.165, 1.54) is 11.3 Å². The van der Waals surface area contributed by atoms with Crippen LogP contribution < -0.4 is 0 Å². The number of ether oxygens (including phenoxy) is 1. The van der Waals surface area contributed by atoms with Crippen molar-refractivity contribution in [1.82, 2.24) is 4.98 Å². The summed E-state index contributed by atoms with van der Waals surface area (Å²) in [5.41, 5.74) is 1.84. The molecule has 2 heterocycles. The Hall–Kier alpha value is -4.98. The molecule has 4 atom stereocenters. The van der Waals surface area contributed by atoms with E-state index < -0.39 is 42.3 Å². The molecule has 5 aromatic rings. The molecule has 6 N–H and O–H groups in total. The van der Waals surface area contributed by atoms with Crippen LogP contribution in [0, 0.1) is 0 Å². The molecular weight excluding hydrogens is 602 g/mol. The predicted molar refractivity (Wildman–Crippen MR) is 167 cm³/mol. The van der Waals surface area contributed by atoms with Crippen LogP contribution in [0.3, 0.4) is 0 Å². The van der Waals surface area contributed by atoms with Crippen molar-refractivity contribution in [2.75, 3.05) is 6.61 Å². The molecule has 1 saturated heterocycles. The largest absolute Gasteiger partial charge is 0.478 e. The zero-order valence-corrected chi connectivity index (χ0v) is 24.5. The molecule has 1 aliphatic heterocycles. The number of aromatic nitrogens is 1. The van der Waals surface area contributed by atoms with Gasteiger partial charge in [0.05, 0.1) is 33.5 Å². The van der Waals surface area contributed by atoms with Crippen LogP contribution in [0.2, 0.25) is 0 Å². The molecule has 1 aromatic heterocycles. The first-order valence-corrected chi connectivity index (χ1v) is 14.3. The summed E-state index contributed by atoms with van der Waals surface area (Å²) in [4.78, 5) is 35.0. The van der Waals surface area contributed by atoms with Crippen LogP contribution in [-0.4, -0.2) is 78.4 Å². The van der Waals surface area contributed by atoms with Crippen molar-refractivity contribution < 1.29 is 49.8 Å². The number of carboxylic acid groups (broad SMARTS) is 3. The van der Waals surface area contributed by atoms with Gasteiger partial charge in [-0.2, -0.15) is 0 Å². The Morgan fingerprint density at radius 1 is 0.622 bits per heavy atom. The Morgan fingerprint density at radius 3 is 1.36 bits per heavy atom. The fourth-order valence-corrected chi connectivity index (χ4v) is 4.90. The number of aliphatic hydroxyl groups excluding tert-OH is 3. The van der Waals surface area contributed by atoms with Crippen molar-refractivity contribution in [2.45, 2.75) is 24.4 Å². The third-order valence-electron chi connectivity index (χ3n) is 6.16. The van der Waals surface area contributed by atoms with Gasteiger partial charge in [-0.25, -0.2) is 19.4 Å². The van der Waals surface area contributed by atoms with Gasteiger partial charge in [-0.3, -0.25) is 0 Å². The Kier molecular flexibility index (Phi) is 13.3. The lowest BCUT2D eigenvalue weighted by Gasteiger charge is -2.11. The number of fused-ring (bicyclic) bond motifs is 1. The number of aromatic carboxylic acids is 3. The number of rotatable bonds is 5. The van der Waals surface area contributed by atoms with Crippen molar-refractivity contribution in [1.29, 1.82) is 0 Å². The number of thiazole rings is 1. The third kappa shape index (κ3) is 10.3. The fraction of sp³-hybridized carbons (Fsp3) is 0.152. The number of hydrogen-bond donors (Lipinski definition) is 6. The molecule has 4 aromatic carbocycles. The molecule has 0 bridgehead atoms. The minimum absolute atomic E-state index is 0.320. The number of aliphatic hydroxyl groups is 3. The highest BCUT2D eigenvalue weighted by Crippen LogP contribution is 2.37. The van der Waals surface area contributed by atoms with Crippen LogP contribution in [0.1, 0.15) is 42.2 Å². The maximum Gasteiger partial charge on any atom is 0.335 e. The third-order valence-corrected chi connectivity index (χ3v) is 7.26. The summed E-state index contributed by atoms with van der Waals surface area (Å²) in [7, 11) is 0. The van der Waals surface area contributed by atoms with Crippen molar-refractivity contribution in [3.63, 3.8) is 0 Å². The molecule has 6 rings (SSSR count). The lowest BCUT2D eigenvalue weighted by Crippen LogP contribution is -2.32. The number of para-hydroxylation sites is 1. The molecule has 12 heteroatoms. The summed E-state index contributed by atoms with van der Waals surface area (Å²) < 4.78 is 6.45. The Labute approximate surface area is 261 Å². The van der Waals surface area contributed by atoms with Crippen molar-refractivity contribution >= 4 is 39.5 Å². The van der Waals surface area contributed by atoms with E-state index in [0.29, 0.717) is 21.7 Å². The highest BCUT2D eigenvalue weighted by atomic mass is 32.1. The molecule has 45 heavy (non-hydrogen) atoms. The van der Waals surface area contributed by atoms with Crippen molar-refractivity contribution in [2.24, 2.45) is 0 Å². The summed E-state index contributed by atoms with van der Waals surface area (Å²) in [5, 5.41) is 54.4. The van der Waals surface area contributed by atoms with E-state index in [9.17, 15) is 24.6 Å². The van der Waals surface area contributed by atoms with E-state index in [1.807, 2.05) is 24.3 Å². The summed E-state index contributed by atoms with van der Waals surface area (Å²) in [6, 6.07) is 32.5. The van der Waals surface area contributed by atoms with Crippen LogP contribution in [-0.2, 0) is 4.74 Å². The second-order valence-corrected chi connectivity index (χ2v) is 10.4. The normalized spacial score (nSPS) is 18.2. The Morgan fingerprint density at radius 2 is 1.02 bits per heavy atom. The van der Waals surface area contributed by atoms with Gasteiger partial charge < -0.3 is 35.4 Å². The number of carboxylic acids is 3. The minimum atomic E-state index is -1.08. The quantitative estimate of drug-likeness (QED) is 0.158. The molecule has 0 saturated carbocycles. The zero-order valence-electron chi connectivity index (χ0n) is 23.7. The van der Waals surface area contributed by atoms with E-state index in [0.717, 1.165) is 10.2 Å². The van der Waals surface area contributed by atoms with Crippen LogP contribution >= 0.6 is 11.3 Å². The summed E-state index contributed by atoms with van der Waals surface area (Å²) in [6.07, 6.45) is -3.55. The van der Waals surface area contributed by atoms with Gasteiger partial charge in [-0.1, -0.05) is 66.7 Å². The van der Waals surface area contributed by atoms with Crippen LogP contribution in [0.5, 0.6) is 0 Å². The maximum atomic E-state index is 10.2. The highest BCUT2D eigenvalue weighted by Gasteiger charge is 2.44. The van der Waals surface area contributed by atoms with E-state index in [1.54, 1.807) is 91.0 Å². The molecule has 0 unspecified atom stereocenters. The van der Waals surface area contributed by atoms with E-state index in [-0.39, 0.29) is 6.61 Å². The smallest absolute Gasteiger partial charge is 0.335 e. The monoisotopic (exact) mass is 633 g/mol. The zero-order chi connectivity index (χ0) is 32.8. The predicted octanol–water partition coefficient (Wildman–Crippen LogP) is 4.60. The lowest BCUT2D eigenvalue weighted by molar-refractivity contribution is -0.0227. The van der Waals surface area contributed by atoms with Gasteiger partial charge in [0.15, 0.2) is 0 Å². The van der Waals surface area contributed by atoms with Crippen LogP contribution in [0.25, 0.3) is 10.2 Å². The van der Waals surface area contributed by atoms with Gasteiger partial charge in [0.25, 0.3) is 0 Å². The number of benzene rings is 4. The van der Waals surface area contributed by atoms with Crippen LogP contribution in [0.4, 0.5) is 0 Å². The molecule has 1 aliphatic rings. The van der Waals surface area contributed by atoms with Gasteiger partial charge in [-0.15, -0.1) is 11.3 Å². The van der Waals surface area contributed by atoms with E-state index >= 15 is 0 Å². The molecule has 234 valence electrons. The Bertz CT molecular complexity index is 1500. The minimum Gasteiger partial charge on any atom is -0.478 e. The summed E-state index contributed by atoms with van der Waals surface area (Å²) in [6.45, 7) is -0.320. The van der Waals surface area contributed by atoms with E-state index in [4.69, 9.17) is 25.2 Å². The fourth-order valence-electron chi connectivity index (χ4n) is 3.86. The SMILES string of the molecule is O=C(O)c1ccccc1.O=C(O)c1ccccc1.O=C(O)c1ccccc1.OC[C@H]1O[C@@H](c2nc3ccccc3s2)[C@H](O)[C@@H]1O. The Balaban J connectivity index is 0.000000175. The second kappa shape index (κ2) is 17.3. The first kappa shape index (κ1) is 34.5. The van der Waals surface area contributed by atoms with Gasteiger partial charge in [0.1, 0.15) is 29.4 Å². The molecule has 0 aliphatic carbocycles. The van der Waals surface area contributed by atoms with Crippen molar-refractivity contribution in [3.05, 3.63) is 137 Å². The number of carbonyl (C=O) groups is 3. The van der Waals surface area contributed by atoms with Gasteiger partial charge in [-0.05, 0) is 48.5 Å². The molecular formula is C33H31NO10S. The summed E-state index contributed by atoms with van der Waals surface area (Å²) >= 11 is 1.42. The average molecular weight is 634 g/mol.